The first-order chi connectivity index (χ1) is 8.88. The van der Waals surface area contributed by atoms with E-state index in [2.05, 4.69) is 45.0 Å². The summed E-state index contributed by atoms with van der Waals surface area (Å²) in [5.74, 6) is 0.858. The first-order valence-electron chi connectivity index (χ1n) is 8.34. The molecule has 1 aliphatic heterocycles. The quantitative estimate of drug-likeness (QED) is 0.820. The van der Waals surface area contributed by atoms with Crippen LogP contribution in [0.5, 0.6) is 0 Å². The average molecular weight is 266 g/mol. The van der Waals surface area contributed by atoms with Gasteiger partial charge < -0.3 is 10.2 Å². The zero-order valence-corrected chi connectivity index (χ0v) is 13.7. The molecule has 1 heterocycles. The fraction of sp³-hybridized carbons (Fsp3) is 1.00. The number of nitrogens with one attached hydrogen (secondary N) is 1. The van der Waals surface area contributed by atoms with E-state index in [-0.39, 0.29) is 0 Å². The fourth-order valence-corrected chi connectivity index (χ4v) is 4.11. The highest BCUT2D eigenvalue weighted by Crippen LogP contribution is 2.38. The van der Waals surface area contributed by atoms with Gasteiger partial charge in [0, 0.05) is 18.1 Å². The Kier molecular flexibility index (Phi) is 4.94. The number of rotatable bonds is 2. The van der Waals surface area contributed by atoms with Crippen molar-refractivity contribution in [2.75, 3.05) is 13.6 Å². The number of nitrogens with zero attached hydrogens (tertiary/aromatic N) is 1. The first-order valence-corrected chi connectivity index (χ1v) is 8.34. The van der Waals surface area contributed by atoms with E-state index in [1.165, 1.54) is 45.1 Å². The smallest absolute Gasteiger partial charge is 0.0103 e. The van der Waals surface area contributed by atoms with Gasteiger partial charge in [0.05, 0.1) is 0 Å². The van der Waals surface area contributed by atoms with Crippen molar-refractivity contribution in [2.24, 2.45) is 11.3 Å². The Bertz CT molecular complexity index is 281. The zero-order valence-electron chi connectivity index (χ0n) is 13.7. The highest BCUT2D eigenvalue weighted by atomic mass is 15.1. The van der Waals surface area contributed by atoms with Crippen molar-refractivity contribution in [1.82, 2.24) is 10.2 Å². The van der Waals surface area contributed by atoms with Crippen LogP contribution in [0.1, 0.15) is 66.2 Å². The van der Waals surface area contributed by atoms with Crippen molar-refractivity contribution in [1.29, 1.82) is 0 Å². The molecule has 1 aliphatic carbocycles. The SMILES string of the molecule is CC1CC(NC2CCCCC2C(C)(C)C)CCN1C. The van der Waals surface area contributed by atoms with Crippen molar-refractivity contribution in [3.63, 3.8) is 0 Å². The van der Waals surface area contributed by atoms with Gasteiger partial charge in [-0.2, -0.15) is 0 Å². The molecule has 2 heteroatoms. The lowest BCUT2D eigenvalue weighted by atomic mass is 9.69. The lowest BCUT2D eigenvalue weighted by Gasteiger charge is -2.44. The summed E-state index contributed by atoms with van der Waals surface area (Å²) in [6.45, 7) is 10.9. The van der Waals surface area contributed by atoms with Gasteiger partial charge in [-0.25, -0.2) is 0 Å². The second-order valence-electron chi connectivity index (χ2n) is 8.08. The monoisotopic (exact) mass is 266 g/mol. The summed E-state index contributed by atoms with van der Waals surface area (Å²) in [6.07, 6.45) is 8.32. The van der Waals surface area contributed by atoms with Crippen LogP contribution in [0, 0.1) is 11.3 Å². The molecule has 0 bridgehead atoms. The summed E-state index contributed by atoms with van der Waals surface area (Å²) < 4.78 is 0. The molecule has 1 saturated carbocycles. The molecular formula is C17H34N2. The zero-order chi connectivity index (χ0) is 14.0. The second kappa shape index (κ2) is 6.13. The minimum atomic E-state index is 0.454. The van der Waals surface area contributed by atoms with Crippen LogP contribution in [0.4, 0.5) is 0 Å². The summed E-state index contributed by atoms with van der Waals surface area (Å²) in [6, 6.07) is 2.25. The molecule has 0 aromatic heterocycles. The molecule has 4 unspecified atom stereocenters. The van der Waals surface area contributed by atoms with E-state index in [9.17, 15) is 0 Å². The number of hydrogen-bond donors (Lipinski definition) is 1. The van der Waals surface area contributed by atoms with Crippen LogP contribution in [0.25, 0.3) is 0 Å². The van der Waals surface area contributed by atoms with Crippen molar-refractivity contribution in [2.45, 2.75) is 84.3 Å². The second-order valence-corrected chi connectivity index (χ2v) is 8.08. The molecule has 2 rings (SSSR count). The first kappa shape index (κ1) is 15.3. The summed E-state index contributed by atoms with van der Waals surface area (Å²) >= 11 is 0. The van der Waals surface area contributed by atoms with E-state index in [1.807, 2.05) is 0 Å². The van der Waals surface area contributed by atoms with Crippen LogP contribution in [-0.4, -0.2) is 36.6 Å². The molecule has 2 fully saturated rings. The molecule has 2 nitrogen and oxygen atoms in total. The maximum atomic E-state index is 4.04. The molecule has 0 radical (unpaired) electrons. The van der Waals surface area contributed by atoms with Gasteiger partial charge in [-0.05, 0) is 57.5 Å². The number of likely N-dealkylation sites (tertiary alicyclic amines) is 1. The summed E-state index contributed by atoms with van der Waals surface area (Å²) in [5.41, 5.74) is 0.454. The Morgan fingerprint density at radius 1 is 1.05 bits per heavy atom. The van der Waals surface area contributed by atoms with Gasteiger partial charge in [0.25, 0.3) is 0 Å². The third-order valence-electron chi connectivity index (χ3n) is 5.54. The van der Waals surface area contributed by atoms with Crippen LogP contribution in [0.2, 0.25) is 0 Å². The van der Waals surface area contributed by atoms with E-state index >= 15 is 0 Å². The lowest BCUT2D eigenvalue weighted by molar-refractivity contribution is 0.0999. The molecule has 0 aromatic rings. The van der Waals surface area contributed by atoms with Crippen LogP contribution < -0.4 is 5.32 Å². The predicted octanol–water partition coefficient (Wildman–Crippen LogP) is 3.66. The molecular weight excluding hydrogens is 232 g/mol. The van der Waals surface area contributed by atoms with Crippen LogP contribution in [0.15, 0.2) is 0 Å². The minimum Gasteiger partial charge on any atom is -0.311 e. The Balaban J connectivity index is 1.93. The Hall–Kier alpha value is -0.0800. The lowest BCUT2D eigenvalue weighted by Crippen LogP contribution is -2.52. The molecule has 0 spiro atoms. The molecule has 2 aliphatic rings. The fourth-order valence-electron chi connectivity index (χ4n) is 4.11. The summed E-state index contributed by atoms with van der Waals surface area (Å²) in [7, 11) is 2.26. The van der Waals surface area contributed by atoms with Gasteiger partial charge in [-0.3, -0.25) is 0 Å². The Morgan fingerprint density at radius 2 is 1.74 bits per heavy atom. The van der Waals surface area contributed by atoms with Gasteiger partial charge in [0.2, 0.25) is 0 Å². The molecule has 19 heavy (non-hydrogen) atoms. The van der Waals surface area contributed by atoms with Gasteiger partial charge in [-0.15, -0.1) is 0 Å². The molecule has 112 valence electrons. The van der Waals surface area contributed by atoms with Crippen LogP contribution >= 0.6 is 0 Å². The van der Waals surface area contributed by atoms with Crippen LogP contribution in [0.3, 0.4) is 0 Å². The van der Waals surface area contributed by atoms with E-state index < -0.39 is 0 Å². The third-order valence-corrected chi connectivity index (χ3v) is 5.54. The normalized spacial score (nSPS) is 38.4. The Labute approximate surface area is 120 Å². The average Bonchev–Trinajstić information content (AvgIpc) is 2.33. The standard InChI is InChI=1S/C17H34N2/c1-13-12-14(10-11-19(13)5)18-16-9-7-6-8-15(16)17(2,3)4/h13-16,18H,6-12H2,1-5H3. The van der Waals surface area contributed by atoms with E-state index in [0.717, 1.165) is 24.0 Å². The highest BCUT2D eigenvalue weighted by Gasteiger charge is 2.35. The maximum Gasteiger partial charge on any atom is 0.0103 e. The summed E-state index contributed by atoms with van der Waals surface area (Å²) in [5, 5.41) is 4.04. The molecule has 1 saturated heterocycles. The van der Waals surface area contributed by atoms with Gasteiger partial charge in [-0.1, -0.05) is 33.6 Å². The van der Waals surface area contributed by atoms with Crippen LogP contribution in [-0.2, 0) is 0 Å². The third kappa shape index (κ3) is 3.95. The molecule has 0 aromatic carbocycles. The van der Waals surface area contributed by atoms with E-state index in [0.29, 0.717) is 5.41 Å². The Morgan fingerprint density at radius 3 is 2.37 bits per heavy atom. The molecule has 4 atom stereocenters. The summed E-state index contributed by atoms with van der Waals surface area (Å²) in [4.78, 5) is 2.50. The van der Waals surface area contributed by atoms with Gasteiger partial charge >= 0.3 is 0 Å². The van der Waals surface area contributed by atoms with Crippen molar-refractivity contribution >= 4 is 0 Å². The van der Waals surface area contributed by atoms with Crippen molar-refractivity contribution < 1.29 is 0 Å². The molecule has 0 amide bonds. The largest absolute Gasteiger partial charge is 0.311 e. The molecule has 1 N–H and O–H groups in total. The predicted molar refractivity (Wildman–Crippen MR) is 83.5 cm³/mol. The van der Waals surface area contributed by atoms with E-state index in [4.69, 9.17) is 0 Å². The van der Waals surface area contributed by atoms with Gasteiger partial charge in [0.1, 0.15) is 0 Å². The van der Waals surface area contributed by atoms with Gasteiger partial charge in [0.15, 0.2) is 0 Å². The maximum absolute atomic E-state index is 4.04. The van der Waals surface area contributed by atoms with E-state index in [1.54, 1.807) is 0 Å². The minimum absolute atomic E-state index is 0.454. The number of piperidine rings is 1. The topological polar surface area (TPSA) is 15.3 Å². The van der Waals surface area contributed by atoms with Crippen molar-refractivity contribution in [3.05, 3.63) is 0 Å². The number of hydrogen-bond acceptors (Lipinski definition) is 2. The van der Waals surface area contributed by atoms with Crippen molar-refractivity contribution in [3.8, 4) is 0 Å². The highest BCUT2D eigenvalue weighted by molar-refractivity contribution is 4.92.